The predicted molar refractivity (Wildman–Crippen MR) is 71.0 cm³/mol. The van der Waals surface area contributed by atoms with Crippen molar-refractivity contribution in [1.29, 1.82) is 0 Å². The lowest BCUT2D eigenvalue weighted by molar-refractivity contribution is -0.696. The number of pyridine rings is 1. The van der Waals surface area contributed by atoms with Crippen molar-refractivity contribution in [2.24, 2.45) is 0 Å². The molecule has 18 heavy (non-hydrogen) atoms. The fraction of sp³-hybridized carbons (Fsp3) is 0.600. The Bertz CT molecular complexity index is 378. The quantitative estimate of drug-likeness (QED) is 0.750. The Labute approximate surface area is 109 Å². The summed E-state index contributed by atoms with van der Waals surface area (Å²) in [5.74, 6) is 0.310. The van der Waals surface area contributed by atoms with Gasteiger partial charge < -0.3 is 4.90 Å². The molecule has 1 aliphatic rings. The minimum absolute atomic E-state index is 0.310. The van der Waals surface area contributed by atoms with Gasteiger partial charge in [-0.15, -0.1) is 0 Å². The summed E-state index contributed by atoms with van der Waals surface area (Å²) in [6.45, 7) is 4.77. The highest BCUT2D eigenvalue weighted by Crippen LogP contribution is 2.10. The van der Waals surface area contributed by atoms with Gasteiger partial charge in [-0.3, -0.25) is 4.79 Å². The lowest BCUT2D eigenvalue weighted by atomic mass is 10.2. The van der Waals surface area contributed by atoms with Crippen LogP contribution in [0.25, 0.3) is 0 Å². The van der Waals surface area contributed by atoms with Gasteiger partial charge in [0.25, 0.3) is 0 Å². The number of likely N-dealkylation sites (tertiary alicyclic amines) is 1. The molecule has 2 heterocycles. The number of nitrogens with zero attached hydrogens (tertiary/aromatic N) is 2. The smallest absolute Gasteiger partial charge is 0.228 e. The first kappa shape index (κ1) is 13.1. The van der Waals surface area contributed by atoms with Crippen LogP contribution in [0.3, 0.4) is 0 Å². The van der Waals surface area contributed by atoms with Crippen molar-refractivity contribution >= 4 is 5.91 Å². The van der Waals surface area contributed by atoms with E-state index in [1.165, 1.54) is 31.2 Å². The Balaban J connectivity index is 1.81. The largest absolute Gasteiger partial charge is 0.342 e. The summed E-state index contributed by atoms with van der Waals surface area (Å²) in [6, 6.07) is 4.16. The van der Waals surface area contributed by atoms with Crippen LogP contribution in [0.5, 0.6) is 0 Å². The van der Waals surface area contributed by atoms with E-state index in [-0.39, 0.29) is 0 Å². The van der Waals surface area contributed by atoms with Crippen LogP contribution in [0.15, 0.2) is 24.5 Å². The standard InChI is InChI=1S/C15H23N2O/c1-14-6-11-16(12-7-14)13-8-15(18)17-9-4-2-3-5-10-17/h6-7,11-12H,2-5,8-10,13H2,1H3/q+1. The van der Waals surface area contributed by atoms with Crippen LogP contribution in [0.4, 0.5) is 0 Å². The molecule has 0 spiro atoms. The van der Waals surface area contributed by atoms with Crippen LogP contribution < -0.4 is 4.57 Å². The molecule has 1 saturated heterocycles. The molecular formula is C15H23N2O+. The molecule has 3 heteroatoms. The van der Waals surface area contributed by atoms with Crippen molar-refractivity contribution in [1.82, 2.24) is 4.90 Å². The zero-order chi connectivity index (χ0) is 12.8. The summed E-state index contributed by atoms with van der Waals surface area (Å²) in [6.07, 6.45) is 9.60. The van der Waals surface area contributed by atoms with E-state index in [1.807, 2.05) is 17.3 Å². The Morgan fingerprint density at radius 3 is 2.39 bits per heavy atom. The van der Waals surface area contributed by atoms with Crippen LogP contribution >= 0.6 is 0 Å². The number of hydrogen-bond donors (Lipinski definition) is 0. The molecule has 0 N–H and O–H groups in total. The normalized spacial score (nSPS) is 16.4. The molecule has 3 nitrogen and oxygen atoms in total. The molecule has 2 rings (SSSR count). The molecule has 0 radical (unpaired) electrons. The molecule has 98 valence electrons. The first-order chi connectivity index (χ1) is 8.75. The first-order valence-corrected chi connectivity index (χ1v) is 6.99. The third-order valence-electron chi connectivity index (χ3n) is 3.60. The van der Waals surface area contributed by atoms with E-state index in [9.17, 15) is 4.79 Å². The first-order valence-electron chi connectivity index (χ1n) is 6.99. The van der Waals surface area contributed by atoms with Gasteiger partial charge in [-0.25, -0.2) is 4.57 Å². The minimum atomic E-state index is 0.310. The number of rotatable bonds is 3. The van der Waals surface area contributed by atoms with Gasteiger partial charge in [0.1, 0.15) is 0 Å². The van der Waals surface area contributed by atoms with Gasteiger partial charge in [0.05, 0.1) is 6.42 Å². The summed E-state index contributed by atoms with van der Waals surface area (Å²) in [5.41, 5.74) is 1.25. The molecule has 0 bridgehead atoms. The number of amides is 1. The second-order valence-electron chi connectivity index (χ2n) is 5.16. The van der Waals surface area contributed by atoms with E-state index in [0.717, 1.165) is 19.6 Å². The van der Waals surface area contributed by atoms with E-state index in [0.29, 0.717) is 12.3 Å². The van der Waals surface area contributed by atoms with Gasteiger partial charge in [0, 0.05) is 25.2 Å². The predicted octanol–water partition coefficient (Wildman–Crippen LogP) is 2.08. The second-order valence-corrected chi connectivity index (χ2v) is 5.16. The Hall–Kier alpha value is -1.38. The highest BCUT2D eigenvalue weighted by Gasteiger charge is 2.16. The number of carbonyl (C=O) groups excluding carboxylic acids is 1. The van der Waals surface area contributed by atoms with E-state index in [1.54, 1.807) is 0 Å². The second kappa shape index (κ2) is 6.53. The van der Waals surface area contributed by atoms with Gasteiger partial charge in [-0.2, -0.15) is 0 Å². The molecule has 1 aliphatic heterocycles. The maximum atomic E-state index is 12.1. The molecule has 1 amide bonds. The Morgan fingerprint density at radius 2 is 1.78 bits per heavy atom. The minimum Gasteiger partial charge on any atom is -0.342 e. The maximum Gasteiger partial charge on any atom is 0.228 e. The van der Waals surface area contributed by atoms with Crippen LogP contribution in [0.1, 0.15) is 37.7 Å². The summed E-state index contributed by atoms with van der Waals surface area (Å²) in [5, 5.41) is 0. The molecule has 1 aromatic heterocycles. The van der Waals surface area contributed by atoms with E-state index in [2.05, 4.69) is 23.6 Å². The monoisotopic (exact) mass is 247 g/mol. The molecule has 0 aliphatic carbocycles. The zero-order valence-electron chi connectivity index (χ0n) is 11.3. The van der Waals surface area contributed by atoms with Gasteiger partial charge in [-0.1, -0.05) is 12.8 Å². The van der Waals surface area contributed by atoms with Crippen molar-refractivity contribution in [3.8, 4) is 0 Å². The highest BCUT2D eigenvalue weighted by molar-refractivity contribution is 5.75. The number of hydrogen-bond acceptors (Lipinski definition) is 1. The van der Waals surface area contributed by atoms with Crippen molar-refractivity contribution in [3.63, 3.8) is 0 Å². The summed E-state index contributed by atoms with van der Waals surface area (Å²) in [4.78, 5) is 14.1. The summed E-state index contributed by atoms with van der Waals surface area (Å²) in [7, 11) is 0. The van der Waals surface area contributed by atoms with Crippen molar-refractivity contribution in [2.75, 3.05) is 13.1 Å². The molecular weight excluding hydrogens is 224 g/mol. The lowest BCUT2D eigenvalue weighted by Gasteiger charge is -2.19. The molecule has 0 atom stereocenters. The van der Waals surface area contributed by atoms with Crippen molar-refractivity contribution < 1.29 is 9.36 Å². The SMILES string of the molecule is Cc1cc[n+](CCC(=O)N2CCCCCC2)cc1. The number of aromatic nitrogens is 1. The average Bonchev–Trinajstić information content (AvgIpc) is 2.66. The van der Waals surface area contributed by atoms with Gasteiger partial charge in [0.15, 0.2) is 18.9 Å². The molecule has 0 aromatic carbocycles. The van der Waals surface area contributed by atoms with E-state index >= 15 is 0 Å². The molecule has 0 saturated carbocycles. The van der Waals surface area contributed by atoms with Crippen LogP contribution in [0, 0.1) is 6.92 Å². The topological polar surface area (TPSA) is 24.2 Å². The zero-order valence-corrected chi connectivity index (χ0v) is 11.3. The lowest BCUT2D eigenvalue weighted by Crippen LogP contribution is -2.38. The van der Waals surface area contributed by atoms with Crippen molar-refractivity contribution in [3.05, 3.63) is 30.1 Å². The van der Waals surface area contributed by atoms with E-state index < -0.39 is 0 Å². The Kier molecular flexibility index (Phi) is 4.73. The Morgan fingerprint density at radius 1 is 1.17 bits per heavy atom. The van der Waals surface area contributed by atoms with Crippen LogP contribution in [0.2, 0.25) is 0 Å². The van der Waals surface area contributed by atoms with Crippen LogP contribution in [-0.2, 0) is 11.3 Å². The molecule has 0 unspecified atom stereocenters. The fourth-order valence-corrected chi connectivity index (χ4v) is 2.38. The van der Waals surface area contributed by atoms with Gasteiger partial charge in [-0.05, 0) is 25.3 Å². The third-order valence-corrected chi connectivity index (χ3v) is 3.60. The van der Waals surface area contributed by atoms with Crippen molar-refractivity contribution in [2.45, 2.75) is 45.6 Å². The highest BCUT2D eigenvalue weighted by atomic mass is 16.2. The number of carbonyl (C=O) groups is 1. The summed E-state index contributed by atoms with van der Waals surface area (Å²) >= 11 is 0. The molecule has 1 fully saturated rings. The average molecular weight is 247 g/mol. The van der Waals surface area contributed by atoms with Gasteiger partial charge in [0.2, 0.25) is 5.91 Å². The molecule has 1 aromatic rings. The van der Waals surface area contributed by atoms with Gasteiger partial charge >= 0.3 is 0 Å². The van der Waals surface area contributed by atoms with Crippen LogP contribution in [-0.4, -0.2) is 23.9 Å². The summed E-state index contributed by atoms with van der Waals surface area (Å²) < 4.78 is 2.09. The fourth-order valence-electron chi connectivity index (χ4n) is 2.38. The maximum absolute atomic E-state index is 12.1. The number of aryl methyl sites for hydroxylation is 2. The van der Waals surface area contributed by atoms with E-state index in [4.69, 9.17) is 0 Å². The third kappa shape index (κ3) is 3.83.